The molecule has 1 atom stereocenters. The van der Waals surface area contributed by atoms with Crippen molar-refractivity contribution < 1.29 is 9.90 Å². The molecule has 0 spiro atoms. The summed E-state index contributed by atoms with van der Waals surface area (Å²) >= 11 is 12.4. The van der Waals surface area contributed by atoms with Gasteiger partial charge in [-0.05, 0) is 61.1 Å². The highest BCUT2D eigenvalue weighted by Crippen LogP contribution is 2.40. The molecule has 2 aromatic heterocycles. The minimum absolute atomic E-state index is 0.0228. The molecule has 1 unspecified atom stereocenters. The van der Waals surface area contributed by atoms with Crippen molar-refractivity contribution in [1.82, 2.24) is 15.0 Å². The molecular formula is C28H26Cl2N6O2. The highest BCUT2D eigenvalue weighted by Gasteiger charge is 2.32. The Morgan fingerprint density at radius 1 is 1.00 bits per heavy atom. The van der Waals surface area contributed by atoms with Crippen molar-refractivity contribution in [2.75, 3.05) is 23.3 Å². The molecule has 0 bridgehead atoms. The lowest BCUT2D eigenvalue weighted by Gasteiger charge is -2.30. The number of hydrogen-bond acceptors (Lipinski definition) is 8. The van der Waals surface area contributed by atoms with E-state index < -0.39 is 0 Å². The van der Waals surface area contributed by atoms with Crippen LogP contribution in [0.1, 0.15) is 36.0 Å². The monoisotopic (exact) mass is 548 g/mol. The molecule has 2 aliphatic rings. The van der Waals surface area contributed by atoms with Gasteiger partial charge in [0, 0.05) is 36.6 Å². The van der Waals surface area contributed by atoms with E-state index >= 15 is 0 Å². The van der Waals surface area contributed by atoms with Gasteiger partial charge in [-0.3, -0.25) is 9.78 Å². The molecule has 0 radical (unpaired) electrons. The lowest BCUT2D eigenvalue weighted by atomic mass is 9.99. The normalized spacial score (nSPS) is 17.6. The topological polar surface area (TPSA) is 117 Å². The second-order valence-corrected chi connectivity index (χ2v) is 10.8. The summed E-state index contributed by atoms with van der Waals surface area (Å²) < 4.78 is 0. The maximum absolute atomic E-state index is 13.2. The lowest BCUT2D eigenvalue weighted by Crippen LogP contribution is -2.43. The Morgan fingerprint density at radius 3 is 2.42 bits per heavy atom. The van der Waals surface area contributed by atoms with Crippen LogP contribution in [-0.4, -0.2) is 45.0 Å². The van der Waals surface area contributed by atoms with Crippen LogP contribution in [0.5, 0.6) is 5.75 Å². The zero-order valence-corrected chi connectivity index (χ0v) is 22.0. The largest absolute Gasteiger partial charge is 0.505 e. The van der Waals surface area contributed by atoms with Crippen molar-refractivity contribution in [3.05, 3.63) is 64.5 Å². The first kappa shape index (κ1) is 24.9. The van der Waals surface area contributed by atoms with Gasteiger partial charge in [-0.2, -0.15) is 0 Å². The molecule has 194 valence electrons. The van der Waals surface area contributed by atoms with Gasteiger partial charge in [0.05, 0.1) is 44.9 Å². The molecule has 1 saturated carbocycles. The predicted molar refractivity (Wildman–Crippen MR) is 151 cm³/mol. The number of ketones is 1. The lowest BCUT2D eigenvalue weighted by molar-refractivity contribution is 0.0968. The van der Waals surface area contributed by atoms with Crippen molar-refractivity contribution in [2.24, 2.45) is 11.7 Å². The fourth-order valence-electron chi connectivity index (χ4n) is 4.88. The van der Waals surface area contributed by atoms with Gasteiger partial charge in [0.1, 0.15) is 0 Å². The minimum Gasteiger partial charge on any atom is -0.505 e. The van der Waals surface area contributed by atoms with Gasteiger partial charge >= 0.3 is 0 Å². The third-order valence-electron chi connectivity index (χ3n) is 7.08. The first-order valence-electron chi connectivity index (χ1n) is 12.6. The van der Waals surface area contributed by atoms with E-state index in [1.807, 2.05) is 18.2 Å². The summed E-state index contributed by atoms with van der Waals surface area (Å²) in [5, 5.41) is 14.5. The molecule has 2 aromatic carbocycles. The molecule has 4 aromatic rings. The number of phenols is 1. The van der Waals surface area contributed by atoms with Crippen molar-refractivity contribution in [2.45, 2.75) is 31.7 Å². The average Bonchev–Trinajstić information content (AvgIpc) is 3.77. The minimum atomic E-state index is -0.158. The van der Waals surface area contributed by atoms with Crippen LogP contribution < -0.4 is 16.0 Å². The van der Waals surface area contributed by atoms with Crippen LogP contribution in [0.2, 0.25) is 10.0 Å². The second kappa shape index (κ2) is 10.0. The molecule has 3 heterocycles. The number of halogens is 2. The van der Waals surface area contributed by atoms with Gasteiger partial charge in [-0.15, -0.1) is 0 Å². The number of nitrogens with two attached hydrogens (primary N) is 1. The Labute approximate surface area is 229 Å². The number of benzene rings is 2. The molecule has 4 N–H and O–H groups in total. The maximum Gasteiger partial charge on any atom is 0.225 e. The number of nitrogens with one attached hydrogen (secondary N) is 1. The van der Waals surface area contributed by atoms with Crippen LogP contribution in [0.25, 0.3) is 22.0 Å². The van der Waals surface area contributed by atoms with E-state index in [1.165, 1.54) is 0 Å². The molecule has 2 fully saturated rings. The molecule has 1 saturated heterocycles. The Kier molecular flexibility index (Phi) is 6.55. The number of nitrogens with zero attached hydrogens (tertiary/aromatic N) is 4. The van der Waals surface area contributed by atoms with Gasteiger partial charge in [-0.25, -0.2) is 9.97 Å². The summed E-state index contributed by atoms with van der Waals surface area (Å²) in [7, 11) is 0. The van der Waals surface area contributed by atoms with Gasteiger partial charge in [0.25, 0.3) is 0 Å². The molecule has 1 aliphatic carbocycles. The first-order chi connectivity index (χ1) is 18.4. The number of carbonyl (C=O) groups is 1. The average molecular weight is 549 g/mol. The molecule has 8 nitrogen and oxygen atoms in total. The van der Waals surface area contributed by atoms with E-state index in [-0.39, 0.29) is 33.5 Å². The molecule has 0 amide bonds. The number of Topliss-reactive ketones (excluding diaryl/α,β-unsaturated/α-hetero) is 1. The zero-order chi connectivity index (χ0) is 26.4. The van der Waals surface area contributed by atoms with E-state index in [4.69, 9.17) is 28.9 Å². The van der Waals surface area contributed by atoms with Crippen molar-refractivity contribution in [1.29, 1.82) is 0 Å². The smallest absolute Gasteiger partial charge is 0.225 e. The fourth-order valence-corrected chi connectivity index (χ4v) is 5.36. The standard InChI is InChI=1S/C28H26Cl2N6O2/c29-22-9-17(10-23(30)27(22)38)16-5-6-24-20(8-16)25(21(13-32-24)26(37)15-3-4-15)35-19-11-33-28(34-12-19)36-7-1-2-18(31)14-36/h5-6,8-13,15,18,38H,1-4,7,14,31H2,(H,32,35). The molecule has 38 heavy (non-hydrogen) atoms. The fraction of sp³-hybridized carbons (Fsp3) is 0.286. The number of rotatable bonds is 6. The number of carbonyl (C=O) groups excluding carboxylic acids is 1. The number of phenolic OH excluding ortho intramolecular Hbond substituents is 1. The van der Waals surface area contributed by atoms with Crippen molar-refractivity contribution >= 4 is 57.2 Å². The van der Waals surface area contributed by atoms with Crippen LogP contribution in [0.3, 0.4) is 0 Å². The number of fused-ring (bicyclic) bond motifs is 1. The Morgan fingerprint density at radius 2 is 1.74 bits per heavy atom. The summed E-state index contributed by atoms with van der Waals surface area (Å²) in [4.78, 5) is 29.1. The molecule has 1 aliphatic heterocycles. The van der Waals surface area contributed by atoms with Crippen LogP contribution in [0, 0.1) is 5.92 Å². The number of pyridine rings is 1. The van der Waals surface area contributed by atoms with Gasteiger partial charge < -0.3 is 21.1 Å². The zero-order valence-electron chi connectivity index (χ0n) is 20.5. The number of aromatic hydroxyl groups is 1. The number of aromatic nitrogens is 3. The van der Waals surface area contributed by atoms with Crippen LogP contribution in [0.4, 0.5) is 17.3 Å². The van der Waals surface area contributed by atoms with Gasteiger partial charge in [-0.1, -0.05) is 29.3 Å². The quantitative estimate of drug-likeness (QED) is 0.252. The van der Waals surface area contributed by atoms with Crippen LogP contribution in [0.15, 0.2) is 48.9 Å². The van der Waals surface area contributed by atoms with Gasteiger partial charge in [0.15, 0.2) is 11.5 Å². The third-order valence-corrected chi connectivity index (χ3v) is 7.66. The maximum atomic E-state index is 13.2. The van der Waals surface area contributed by atoms with E-state index in [9.17, 15) is 9.90 Å². The summed E-state index contributed by atoms with van der Waals surface area (Å²) in [5.74, 6) is 0.578. The molecular weight excluding hydrogens is 523 g/mol. The Hall–Kier alpha value is -3.46. The van der Waals surface area contributed by atoms with E-state index in [0.29, 0.717) is 22.9 Å². The molecule has 10 heteroatoms. The third kappa shape index (κ3) is 4.87. The Balaban J connectivity index is 1.40. The van der Waals surface area contributed by atoms with E-state index in [2.05, 4.69) is 25.2 Å². The SMILES string of the molecule is NC1CCCN(c2ncc(Nc3c(C(=O)C4CC4)cnc4ccc(-c5cc(Cl)c(O)c(Cl)c5)cc34)cn2)C1. The van der Waals surface area contributed by atoms with E-state index in [1.54, 1.807) is 30.7 Å². The first-order valence-corrected chi connectivity index (χ1v) is 13.4. The predicted octanol–water partition coefficient (Wildman–Crippen LogP) is 5.97. The summed E-state index contributed by atoms with van der Waals surface area (Å²) in [6.07, 6.45) is 8.89. The number of anilines is 3. The van der Waals surface area contributed by atoms with Crippen LogP contribution >= 0.6 is 23.2 Å². The highest BCUT2D eigenvalue weighted by atomic mass is 35.5. The van der Waals surface area contributed by atoms with Crippen molar-refractivity contribution in [3.8, 4) is 16.9 Å². The van der Waals surface area contributed by atoms with Gasteiger partial charge in [0.2, 0.25) is 5.95 Å². The van der Waals surface area contributed by atoms with E-state index in [0.717, 1.165) is 60.8 Å². The Bertz CT molecular complexity index is 1520. The molecule has 6 rings (SSSR count). The number of piperidine rings is 1. The second-order valence-electron chi connectivity index (χ2n) is 9.95. The number of hydrogen-bond donors (Lipinski definition) is 3. The summed E-state index contributed by atoms with van der Waals surface area (Å²) in [6.45, 7) is 1.61. The van der Waals surface area contributed by atoms with Crippen molar-refractivity contribution in [3.63, 3.8) is 0 Å². The summed E-state index contributed by atoms with van der Waals surface area (Å²) in [5.41, 5.74) is 10.2. The summed E-state index contributed by atoms with van der Waals surface area (Å²) in [6, 6.07) is 9.16. The highest BCUT2D eigenvalue weighted by molar-refractivity contribution is 6.37. The van der Waals surface area contributed by atoms with Crippen LogP contribution in [-0.2, 0) is 0 Å².